The molecular weight excluding hydrogens is 230 g/mol. The van der Waals surface area contributed by atoms with Crippen LogP contribution in [-0.4, -0.2) is 37.3 Å². The molecule has 0 amide bonds. The molecule has 2 atom stereocenters. The second-order valence-corrected chi connectivity index (χ2v) is 6.38. The molecular formula is C10H17NO4S. The molecule has 0 radical (unpaired) electrons. The summed E-state index contributed by atoms with van der Waals surface area (Å²) in [6.07, 6.45) is 1.99. The largest absolute Gasteiger partial charge is 0.480 e. The third kappa shape index (κ3) is 3.94. The van der Waals surface area contributed by atoms with Crippen molar-refractivity contribution in [3.05, 3.63) is 11.5 Å². The Morgan fingerprint density at radius 1 is 1.56 bits per heavy atom. The van der Waals surface area contributed by atoms with Gasteiger partial charge >= 0.3 is 5.97 Å². The second-order valence-electron chi connectivity index (χ2n) is 4.45. The SMILES string of the molecule is CC(C)CC(NC1C=CS(=O)(=O)C1)C(=O)O. The van der Waals surface area contributed by atoms with Gasteiger partial charge in [-0.1, -0.05) is 19.9 Å². The van der Waals surface area contributed by atoms with Crippen LogP contribution in [0.2, 0.25) is 0 Å². The van der Waals surface area contributed by atoms with Crippen LogP contribution in [0.15, 0.2) is 11.5 Å². The predicted octanol–water partition coefficient (Wildman–Crippen LogP) is 0.386. The summed E-state index contributed by atoms with van der Waals surface area (Å²) in [4.78, 5) is 10.9. The zero-order chi connectivity index (χ0) is 12.3. The van der Waals surface area contributed by atoms with E-state index in [2.05, 4.69) is 5.32 Å². The second kappa shape index (κ2) is 4.97. The first-order chi connectivity index (χ1) is 7.30. The lowest BCUT2D eigenvalue weighted by molar-refractivity contribution is -0.140. The smallest absolute Gasteiger partial charge is 0.320 e. The highest BCUT2D eigenvalue weighted by atomic mass is 32.2. The summed E-state index contributed by atoms with van der Waals surface area (Å²) in [6, 6.07) is -1.08. The van der Waals surface area contributed by atoms with Crippen molar-refractivity contribution in [3.8, 4) is 0 Å². The Morgan fingerprint density at radius 2 is 2.19 bits per heavy atom. The molecule has 0 bridgehead atoms. The molecule has 0 aromatic rings. The molecule has 0 aliphatic carbocycles. The number of nitrogens with one attached hydrogen (secondary N) is 1. The Labute approximate surface area is 95.5 Å². The maximum Gasteiger partial charge on any atom is 0.320 e. The van der Waals surface area contributed by atoms with Crippen molar-refractivity contribution in [1.82, 2.24) is 5.32 Å². The lowest BCUT2D eigenvalue weighted by Gasteiger charge is -2.19. The zero-order valence-corrected chi connectivity index (χ0v) is 10.2. The van der Waals surface area contributed by atoms with Crippen molar-refractivity contribution in [2.45, 2.75) is 32.4 Å². The van der Waals surface area contributed by atoms with E-state index in [9.17, 15) is 13.2 Å². The Bertz CT molecular complexity index is 386. The molecule has 0 spiro atoms. The standard InChI is InChI=1S/C10H17NO4S/c1-7(2)5-9(10(12)13)11-8-3-4-16(14,15)6-8/h3-4,7-9,11H,5-6H2,1-2H3,(H,12,13). The van der Waals surface area contributed by atoms with Crippen LogP contribution in [0, 0.1) is 5.92 Å². The van der Waals surface area contributed by atoms with Crippen LogP contribution >= 0.6 is 0 Å². The molecule has 0 aromatic heterocycles. The topological polar surface area (TPSA) is 83.5 Å². The molecule has 1 heterocycles. The van der Waals surface area contributed by atoms with Gasteiger partial charge in [0.05, 0.1) is 5.75 Å². The van der Waals surface area contributed by atoms with Crippen LogP contribution in [0.1, 0.15) is 20.3 Å². The van der Waals surface area contributed by atoms with E-state index in [1.165, 1.54) is 6.08 Å². The minimum Gasteiger partial charge on any atom is -0.480 e. The van der Waals surface area contributed by atoms with Gasteiger partial charge in [-0.2, -0.15) is 0 Å². The Balaban J connectivity index is 2.57. The minimum absolute atomic E-state index is 0.0468. The molecule has 2 unspecified atom stereocenters. The van der Waals surface area contributed by atoms with Crippen LogP contribution in [0.25, 0.3) is 0 Å². The Hall–Kier alpha value is -0.880. The fraction of sp³-hybridized carbons (Fsp3) is 0.700. The van der Waals surface area contributed by atoms with E-state index >= 15 is 0 Å². The third-order valence-corrected chi connectivity index (χ3v) is 3.75. The lowest BCUT2D eigenvalue weighted by Crippen LogP contribution is -2.44. The molecule has 16 heavy (non-hydrogen) atoms. The molecule has 6 heteroatoms. The van der Waals surface area contributed by atoms with Crippen molar-refractivity contribution in [3.63, 3.8) is 0 Å². The number of rotatable bonds is 5. The summed E-state index contributed by atoms with van der Waals surface area (Å²) >= 11 is 0. The molecule has 2 N–H and O–H groups in total. The lowest BCUT2D eigenvalue weighted by atomic mass is 10.0. The normalized spacial score (nSPS) is 24.8. The monoisotopic (exact) mass is 247 g/mol. The van der Waals surface area contributed by atoms with Gasteiger partial charge in [-0.3, -0.25) is 10.1 Å². The maximum atomic E-state index is 11.1. The van der Waals surface area contributed by atoms with Gasteiger partial charge in [0.2, 0.25) is 0 Å². The van der Waals surface area contributed by atoms with Crippen molar-refractivity contribution < 1.29 is 18.3 Å². The van der Waals surface area contributed by atoms with Crippen LogP contribution < -0.4 is 5.32 Å². The zero-order valence-electron chi connectivity index (χ0n) is 9.38. The highest BCUT2D eigenvalue weighted by Crippen LogP contribution is 2.11. The summed E-state index contributed by atoms with van der Waals surface area (Å²) < 4.78 is 22.3. The molecule has 1 rings (SSSR count). The molecule has 1 aliphatic heterocycles. The van der Waals surface area contributed by atoms with Gasteiger partial charge in [0.25, 0.3) is 0 Å². The number of carbonyl (C=O) groups is 1. The van der Waals surface area contributed by atoms with Crippen molar-refractivity contribution in [2.75, 3.05) is 5.75 Å². The van der Waals surface area contributed by atoms with Crippen molar-refractivity contribution in [1.29, 1.82) is 0 Å². The van der Waals surface area contributed by atoms with Gasteiger partial charge in [0, 0.05) is 11.4 Å². The molecule has 0 fully saturated rings. The Morgan fingerprint density at radius 3 is 2.56 bits per heavy atom. The van der Waals surface area contributed by atoms with Crippen molar-refractivity contribution in [2.24, 2.45) is 5.92 Å². The molecule has 0 saturated heterocycles. The van der Waals surface area contributed by atoms with Crippen LogP contribution in [-0.2, 0) is 14.6 Å². The van der Waals surface area contributed by atoms with Crippen LogP contribution in [0.5, 0.6) is 0 Å². The van der Waals surface area contributed by atoms with Crippen molar-refractivity contribution >= 4 is 15.8 Å². The first-order valence-corrected chi connectivity index (χ1v) is 6.91. The summed E-state index contributed by atoms with van der Waals surface area (Å²) in [5, 5.41) is 13.0. The maximum absolute atomic E-state index is 11.1. The number of hydrogen-bond donors (Lipinski definition) is 2. The summed E-state index contributed by atoms with van der Waals surface area (Å²) in [6.45, 7) is 3.86. The van der Waals surface area contributed by atoms with Gasteiger partial charge < -0.3 is 5.11 Å². The highest BCUT2D eigenvalue weighted by Gasteiger charge is 2.27. The van der Waals surface area contributed by atoms with Gasteiger partial charge in [0.15, 0.2) is 9.84 Å². The summed E-state index contributed by atoms with van der Waals surface area (Å²) in [5.74, 6) is -0.739. The molecule has 1 aliphatic rings. The van der Waals surface area contributed by atoms with E-state index in [0.29, 0.717) is 6.42 Å². The van der Waals surface area contributed by atoms with Gasteiger partial charge in [0.1, 0.15) is 6.04 Å². The highest BCUT2D eigenvalue weighted by molar-refractivity contribution is 7.94. The molecule has 92 valence electrons. The Kier molecular flexibility index (Phi) is 4.09. The minimum atomic E-state index is -3.13. The van der Waals surface area contributed by atoms with E-state index in [1.807, 2.05) is 13.8 Å². The number of aliphatic carboxylic acids is 1. The summed E-state index contributed by atoms with van der Waals surface area (Å²) in [5.41, 5.74) is 0. The third-order valence-electron chi connectivity index (χ3n) is 2.35. The fourth-order valence-corrected chi connectivity index (χ4v) is 2.90. The van der Waals surface area contributed by atoms with Gasteiger partial charge in [-0.05, 0) is 12.3 Å². The first kappa shape index (κ1) is 13.2. The first-order valence-electron chi connectivity index (χ1n) is 5.20. The molecule has 0 saturated carbocycles. The van der Waals surface area contributed by atoms with E-state index in [-0.39, 0.29) is 17.7 Å². The van der Waals surface area contributed by atoms with E-state index in [1.54, 1.807) is 0 Å². The summed E-state index contributed by atoms with van der Waals surface area (Å²) in [7, 11) is -3.13. The number of carboxylic acids is 1. The van der Waals surface area contributed by atoms with Gasteiger partial charge in [-0.15, -0.1) is 0 Å². The van der Waals surface area contributed by atoms with Gasteiger partial charge in [-0.25, -0.2) is 8.42 Å². The molecule has 0 aromatic carbocycles. The molecule has 5 nitrogen and oxygen atoms in total. The van der Waals surface area contributed by atoms with E-state index in [0.717, 1.165) is 5.41 Å². The van der Waals surface area contributed by atoms with E-state index in [4.69, 9.17) is 5.11 Å². The number of hydrogen-bond acceptors (Lipinski definition) is 4. The average Bonchev–Trinajstić information content (AvgIpc) is 2.43. The average molecular weight is 247 g/mol. The van der Waals surface area contributed by atoms with Crippen LogP contribution in [0.3, 0.4) is 0 Å². The quantitative estimate of drug-likeness (QED) is 0.734. The number of sulfone groups is 1. The fourth-order valence-electron chi connectivity index (χ4n) is 1.65. The predicted molar refractivity (Wildman–Crippen MR) is 60.7 cm³/mol. The van der Waals surface area contributed by atoms with Crippen LogP contribution in [0.4, 0.5) is 0 Å². The van der Waals surface area contributed by atoms with E-state index < -0.39 is 21.8 Å². The number of carboxylic acid groups (broad SMARTS) is 1.